The normalized spacial score (nSPS) is 19.2. The number of ether oxygens (including phenoxy) is 2. The van der Waals surface area contributed by atoms with Crippen LogP contribution in [0.15, 0.2) is 41.4 Å². The first kappa shape index (κ1) is 26.5. The number of carbonyl (C=O) groups is 2. The Labute approximate surface area is 218 Å². The number of hydrogen-bond donors (Lipinski definition) is 2. The van der Waals surface area contributed by atoms with Gasteiger partial charge in [-0.2, -0.15) is 0 Å². The molecule has 2 aliphatic rings. The van der Waals surface area contributed by atoms with Crippen molar-refractivity contribution < 1.29 is 24.2 Å². The van der Waals surface area contributed by atoms with Crippen LogP contribution < -0.4 is 14.8 Å². The number of carbonyl (C=O) groups excluding carboxylic acids is 1. The predicted molar refractivity (Wildman–Crippen MR) is 144 cm³/mol. The third kappa shape index (κ3) is 6.24. The van der Waals surface area contributed by atoms with Crippen molar-refractivity contribution in [3.05, 3.63) is 53.1 Å². The molecule has 198 valence electrons. The van der Waals surface area contributed by atoms with E-state index < -0.39 is 5.97 Å². The average Bonchev–Trinajstić information content (AvgIpc) is 2.89. The van der Waals surface area contributed by atoms with E-state index in [0.717, 1.165) is 28.9 Å². The van der Waals surface area contributed by atoms with Gasteiger partial charge in [-0.3, -0.25) is 9.79 Å². The third-order valence-corrected chi connectivity index (χ3v) is 7.50. The second-order valence-electron chi connectivity index (χ2n) is 10.2. The molecule has 0 saturated carbocycles. The van der Waals surface area contributed by atoms with Crippen LogP contribution in [0.25, 0.3) is 0 Å². The highest BCUT2D eigenvalue weighted by atomic mass is 16.5. The molecule has 2 aromatic carbocycles. The molecule has 0 aliphatic carbocycles. The Morgan fingerprint density at radius 2 is 1.81 bits per heavy atom. The van der Waals surface area contributed by atoms with Gasteiger partial charge in [0.05, 0.1) is 14.2 Å². The maximum absolute atomic E-state index is 13.1. The SMILES string of the molecule is COc1cc2c(cc1OC)C(C[C@H]1CN(C(=O)Nc3ccc(C(C)C)cc3)CC[C@H]1CC(=O)O)=NCC2. The van der Waals surface area contributed by atoms with E-state index >= 15 is 0 Å². The van der Waals surface area contributed by atoms with Crippen LogP contribution in [0.2, 0.25) is 0 Å². The number of aliphatic carboxylic acids is 1. The van der Waals surface area contributed by atoms with Crippen molar-refractivity contribution in [1.82, 2.24) is 4.90 Å². The van der Waals surface area contributed by atoms with Crippen molar-refractivity contribution in [3.63, 3.8) is 0 Å². The number of fused-ring (bicyclic) bond motifs is 1. The van der Waals surface area contributed by atoms with Crippen molar-refractivity contribution in [3.8, 4) is 11.5 Å². The molecule has 4 rings (SSSR count). The van der Waals surface area contributed by atoms with Gasteiger partial charge in [0.2, 0.25) is 0 Å². The number of nitrogens with one attached hydrogen (secondary N) is 1. The number of amides is 2. The van der Waals surface area contributed by atoms with Crippen molar-refractivity contribution in [2.45, 2.75) is 45.4 Å². The molecule has 2 amide bonds. The number of carboxylic acid groups (broad SMARTS) is 1. The number of piperidine rings is 1. The van der Waals surface area contributed by atoms with Crippen LogP contribution in [0.4, 0.5) is 10.5 Å². The number of methoxy groups -OCH3 is 2. The lowest BCUT2D eigenvalue weighted by Gasteiger charge is -2.38. The van der Waals surface area contributed by atoms with E-state index in [9.17, 15) is 14.7 Å². The van der Waals surface area contributed by atoms with Gasteiger partial charge in [0, 0.05) is 43.0 Å². The summed E-state index contributed by atoms with van der Waals surface area (Å²) in [5.74, 6) is 0.902. The van der Waals surface area contributed by atoms with E-state index in [-0.39, 0.29) is 24.3 Å². The second kappa shape index (κ2) is 11.7. The lowest BCUT2D eigenvalue weighted by Crippen LogP contribution is -2.46. The molecular formula is C29H37N3O5. The van der Waals surface area contributed by atoms with E-state index in [0.29, 0.717) is 49.9 Å². The van der Waals surface area contributed by atoms with E-state index in [2.05, 4.69) is 19.2 Å². The number of rotatable bonds is 8. The van der Waals surface area contributed by atoms with Gasteiger partial charge in [-0.25, -0.2) is 4.79 Å². The minimum Gasteiger partial charge on any atom is -0.493 e. The zero-order chi connectivity index (χ0) is 26.5. The van der Waals surface area contributed by atoms with Crippen molar-refractivity contribution in [1.29, 1.82) is 0 Å². The average molecular weight is 508 g/mol. The Bertz CT molecular complexity index is 1160. The third-order valence-electron chi connectivity index (χ3n) is 7.50. The van der Waals surface area contributed by atoms with Gasteiger partial charge < -0.3 is 24.8 Å². The summed E-state index contributed by atoms with van der Waals surface area (Å²) in [4.78, 5) is 31.4. The fraction of sp³-hybridized carbons (Fsp3) is 0.483. The molecule has 8 nitrogen and oxygen atoms in total. The lowest BCUT2D eigenvalue weighted by molar-refractivity contribution is -0.138. The zero-order valence-electron chi connectivity index (χ0n) is 22.1. The van der Waals surface area contributed by atoms with Crippen LogP contribution in [0, 0.1) is 11.8 Å². The van der Waals surface area contributed by atoms with Gasteiger partial charge in [0.25, 0.3) is 0 Å². The lowest BCUT2D eigenvalue weighted by atomic mass is 9.78. The fourth-order valence-corrected chi connectivity index (χ4v) is 5.36. The Morgan fingerprint density at radius 3 is 2.46 bits per heavy atom. The van der Waals surface area contributed by atoms with Gasteiger partial charge in [-0.1, -0.05) is 26.0 Å². The number of likely N-dealkylation sites (tertiary alicyclic amines) is 1. The van der Waals surface area contributed by atoms with Crippen LogP contribution in [0.1, 0.15) is 55.7 Å². The number of benzene rings is 2. The Balaban J connectivity index is 1.51. The molecule has 0 radical (unpaired) electrons. The number of hydrogen-bond acceptors (Lipinski definition) is 5. The molecule has 2 atom stereocenters. The summed E-state index contributed by atoms with van der Waals surface area (Å²) >= 11 is 0. The number of urea groups is 1. The molecule has 2 aromatic rings. The summed E-state index contributed by atoms with van der Waals surface area (Å²) in [7, 11) is 3.24. The van der Waals surface area contributed by atoms with E-state index in [1.807, 2.05) is 36.4 Å². The van der Waals surface area contributed by atoms with Crippen LogP contribution in [-0.2, 0) is 11.2 Å². The smallest absolute Gasteiger partial charge is 0.321 e. The molecule has 1 saturated heterocycles. The Hall–Kier alpha value is -3.55. The largest absolute Gasteiger partial charge is 0.493 e. The minimum absolute atomic E-state index is 0.0169. The van der Waals surface area contributed by atoms with Crippen LogP contribution in [0.3, 0.4) is 0 Å². The molecule has 2 aliphatic heterocycles. The maximum atomic E-state index is 13.1. The molecule has 8 heteroatoms. The predicted octanol–water partition coefficient (Wildman–Crippen LogP) is 5.21. The molecule has 37 heavy (non-hydrogen) atoms. The molecule has 0 aromatic heterocycles. The van der Waals surface area contributed by atoms with E-state index in [1.165, 1.54) is 5.56 Å². The van der Waals surface area contributed by atoms with Crippen LogP contribution in [0.5, 0.6) is 11.5 Å². The summed E-state index contributed by atoms with van der Waals surface area (Å²) in [6.45, 7) is 5.95. The highest BCUT2D eigenvalue weighted by Crippen LogP contribution is 2.36. The Kier molecular flexibility index (Phi) is 8.36. The molecule has 0 unspecified atom stereocenters. The first-order chi connectivity index (χ1) is 17.8. The molecule has 2 heterocycles. The van der Waals surface area contributed by atoms with Crippen LogP contribution >= 0.6 is 0 Å². The fourth-order valence-electron chi connectivity index (χ4n) is 5.36. The quantitative estimate of drug-likeness (QED) is 0.511. The van der Waals surface area contributed by atoms with E-state index in [4.69, 9.17) is 14.5 Å². The summed E-state index contributed by atoms with van der Waals surface area (Å²) in [6.07, 6.45) is 2.14. The Morgan fingerprint density at radius 1 is 1.11 bits per heavy atom. The second-order valence-corrected chi connectivity index (χ2v) is 10.2. The highest BCUT2D eigenvalue weighted by Gasteiger charge is 2.34. The monoisotopic (exact) mass is 507 g/mol. The van der Waals surface area contributed by atoms with Gasteiger partial charge >= 0.3 is 12.0 Å². The topological polar surface area (TPSA) is 100 Å². The standard InChI is InChI=1S/C29H37N3O5/c1-18(2)19-5-7-23(8-6-19)31-29(35)32-12-10-20(15-28(33)34)22(17-32)13-25-24-16-27(37-4)26(36-3)14-21(24)9-11-30-25/h5-8,14,16,18,20,22H,9-13,15,17H2,1-4H3,(H,31,35)(H,33,34)/t20-,22-/m0/s1. The number of nitrogens with zero attached hydrogens (tertiary/aromatic N) is 2. The van der Waals surface area contributed by atoms with E-state index in [1.54, 1.807) is 19.1 Å². The van der Waals surface area contributed by atoms with Crippen molar-refractivity contribution in [2.75, 3.05) is 39.2 Å². The van der Waals surface area contributed by atoms with Gasteiger partial charge in [0.15, 0.2) is 11.5 Å². The number of carboxylic acids is 1. The van der Waals surface area contributed by atoms with Crippen LogP contribution in [-0.4, -0.2) is 61.6 Å². The minimum atomic E-state index is -0.810. The van der Waals surface area contributed by atoms with Crippen molar-refractivity contribution >= 4 is 23.4 Å². The first-order valence-corrected chi connectivity index (χ1v) is 12.9. The van der Waals surface area contributed by atoms with Gasteiger partial charge in [-0.15, -0.1) is 0 Å². The van der Waals surface area contributed by atoms with Crippen molar-refractivity contribution in [2.24, 2.45) is 16.8 Å². The highest BCUT2D eigenvalue weighted by molar-refractivity contribution is 6.03. The van der Waals surface area contributed by atoms with Gasteiger partial charge in [0.1, 0.15) is 0 Å². The molecule has 0 bridgehead atoms. The zero-order valence-corrected chi connectivity index (χ0v) is 22.1. The summed E-state index contributed by atoms with van der Waals surface area (Å²) in [5, 5.41) is 12.6. The summed E-state index contributed by atoms with van der Waals surface area (Å²) in [6, 6.07) is 11.7. The molecule has 2 N–H and O–H groups in total. The number of aliphatic imine (C=N–C) groups is 1. The first-order valence-electron chi connectivity index (χ1n) is 12.9. The maximum Gasteiger partial charge on any atom is 0.321 e. The van der Waals surface area contributed by atoms with Gasteiger partial charge in [-0.05, 0) is 72.4 Å². The number of anilines is 1. The summed E-state index contributed by atoms with van der Waals surface area (Å²) < 4.78 is 11.0. The molecular weight excluding hydrogens is 470 g/mol. The summed E-state index contributed by atoms with van der Waals surface area (Å²) in [5.41, 5.74) is 5.08. The molecule has 0 spiro atoms. The molecule has 1 fully saturated rings.